The molecule has 1 fully saturated rings. The minimum absolute atomic E-state index is 0.0535. The zero-order valence-electron chi connectivity index (χ0n) is 12.5. The highest BCUT2D eigenvalue weighted by molar-refractivity contribution is 7.89. The van der Waals surface area contributed by atoms with Gasteiger partial charge in [-0.2, -0.15) is 0 Å². The lowest BCUT2D eigenvalue weighted by atomic mass is 10.2. The number of hydrogen-bond donors (Lipinski definition) is 3. The zero-order valence-corrected chi connectivity index (χ0v) is 13.3. The Morgan fingerprint density at radius 2 is 2.14 bits per heavy atom. The first-order valence-corrected chi connectivity index (χ1v) is 8.47. The van der Waals surface area contributed by atoms with Crippen LogP contribution in [0.4, 0.5) is 5.69 Å². The summed E-state index contributed by atoms with van der Waals surface area (Å²) in [6.07, 6.45) is 1.96. The molecule has 0 amide bonds. The van der Waals surface area contributed by atoms with Crippen LogP contribution in [-0.2, 0) is 14.8 Å². The summed E-state index contributed by atoms with van der Waals surface area (Å²) in [5.74, 6) is -1.17. The molecule has 1 aliphatic carbocycles. The third-order valence-electron chi connectivity index (χ3n) is 3.23. The maximum absolute atomic E-state index is 12.5. The van der Waals surface area contributed by atoms with Gasteiger partial charge in [0.2, 0.25) is 10.0 Å². The number of methoxy groups -OCH3 is 1. The maximum Gasteiger partial charge on any atom is 0.335 e. The average molecular weight is 328 g/mol. The Morgan fingerprint density at radius 1 is 1.45 bits per heavy atom. The normalized spacial score (nSPS) is 16.3. The molecule has 0 unspecified atom stereocenters. The number of ether oxygens (including phenoxy) is 1. The molecule has 1 aromatic rings. The quantitative estimate of drug-likeness (QED) is 0.664. The lowest BCUT2D eigenvalue weighted by molar-refractivity contribution is 0.0696. The van der Waals surface area contributed by atoms with Crippen molar-refractivity contribution in [2.45, 2.75) is 36.7 Å². The summed E-state index contributed by atoms with van der Waals surface area (Å²) >= 11 is 0. The number of rotatable bonds is 8. The van der Waals surface area contributed by atoms with Crippen LogP contribution in [0.5, 0.6) is 0 Å². The summed E-state index contributed by atoms with van der Waals surface area (Å²) in [4.78, 5) is 11.0. The first-order chi connectivity index (χ1) is 10.3. The summed E-state index contributed by atoms with van der Waals surface area (Å²) in [7, 11) is -2.36. The van der Waals surface area contributed by atoms with Gasteiger partial charge < -0.3 is 15.2 Å². The van der Waals surface area contributed by atoms with E-state index < -0.39 is 22.0 Å². The van der Waals surface area contributed by atoms with Crippen LogP contribution >= 0.6 is 0 Å². The van der Waals surface area contributed by atoms with Crippen LogP contribution < -0.4 is 10.0 Å². The number of aromatic carboxylic acids is 1. The number of anilines is 1. The van der Waals surface area contributed by atoms with Crippen molar-refractivity contribution >= 4 is 21.7 Å². The molecule has 22 heavy (non-hydrogen) atoms. The van der Waals surface area contributed by atoms with E-state index in [1.54, 1.807) is 6.92 Å². The van der Waals surface area contributed by atoms with Crippen molar-refractivity contribution in [3.05, 3.63) is 23.8 Å². The van der Waals surface area contributed by atoms with Crippen molar-refractivity contribution in [2.75, 3.05) is 19.0 Å². The van der Waals surface area contributed by atoms with Crippen molar-refractivity contribution in [3.8, 4) is 0 Å². The number of nitrogens with one attached hydrogen (secondary N) is 2. The first kappa shape index (κ1) is 16.7. The van der Waals surface area contributed by atoms with Gasteiger partial charge in [0.15, 0.2) is 0 Å². The predicted octanol–water partition coefficient (Wildman–Crippen LogP) is 1.27. The Balaban J connectivity index is 2.35. The van der Waals surface area contributed by atoms with Gasteiger partial charge in [0, 0.05) is 19.2 Å². The predicted molar refractivity (Wildman–Crippen MR) is 81.7 cm³/mol. The molecule has 0 aliphatic heterocycles. The largest absolute Gasteiger partial charge is 0.478 e. The van der Waals surface area contributed by atoms with Gasteiger partial charge >= 0.3 is 5.97 Å². The third-order valence-corrected chi connectivity index (χ3v) is 4.86. The number of hydrogen-bond acceptors (Lipinski definition) is 5. The Morgan fingerprint density at radius 3 is 2.68 bits per heavy atom. The van der Waals surface area contributed by atoms with Gasteiger partial charge in [0.05, 0.1) is 17.9 Å². The van der Waals surface area contributed by atoms with E-state index in [4.69, 9.17) is 9.84 Å². The zero-order chi connectivity index (χ0) is 16.3. The SMILES string of the molecule is COC[C@H](C)NS(=O)(=O)c1cc(C(=O)O)ccc1NC1CC1. The highest BCUT2D eigenvalue weighted by atomic mass is 32.2. The number of carbonyl (C=O) groups is 1. The van der Waals surface area contributed by atoms with Crippen molar-refractivity contribution in [2.24, 2.45) is 0 Å². The number of carboxylic acids is 1. The van der Waals surface area contributed by atoms with Crippen molar-refractivity contribution in [1.29, 1.82) is 0 Å². The topological polar surface area (TPSA) is 105 Å². The summed E-state index contributed by atoms with van der Waals surface area (Å²) in [5, 5.41) is 12.2. The Kier molecular flexibility index (Phi) is 5.05. The summed E-state index contributed by atoms with van der Waals surface area (Å²) in [5.41, 5.74) is 0.353. The summed E-state index contributed by atoms with van der Waals surface area (Å²) in [6, 6.07) is 3.90. The summed E-state index contributed by atoms with van der Waals surface area (Å²) in [6.45, 7) is 1.90. The number of carboxylic acid groups (broad SMARTS) is 1. The monoisotopic (exact) mass is 328 g/mol. The number of benzene rings is 1. The van der Waals surface area contributed by atoms with Crippen LogP contribution in [0.15, 0.2) is 23.1 Å². The standard InChI is InChI=1S/C14H20N2O5S/c1-9(8-21-2)16-22(19,20)13-7-10(14(17)18)3-6-12(13)15-11-4-5-11/h3,6-7,9,11,15-16H,4-5,8H2,1-2H3,(H,17,18)/t9-/m0/s1. The second kappa shape index (κ2) is 6.64. The van der Waals surface area contributed by atoms with Gasteiger partial charge in [-0.25, -0.2) is 17.9 Å². The van der Waals surface area contributed by atoms with Crippen molar-refractivity contribution in [1.82, 2.24) is 4.72 Å². The fraction of sp³-hybridized carbons (Fsp3) is 0.500. The Hall–Kier alpha value is -1.64. The summed E-state index contributed by atoms with van der Waals surface area (Å²) < 4.78 is 32.4. The van der Waals surface area contributed by atoms with Gasteiger partial charge in [-0.15, -0.1) is 0 Å². The van der Waals surface area contributed by atoms with Crippen LogP contribution in [0, 0.1) is 0 Å². The number of sulfonamides is 1. The van der Waals surface area contributed by atoms with E-state index in [0.29, 0.717) is 5.69 Å². The molecule has 1 aliphatic rings. The lowest BCUT2D eigenvalue weighted by Crippen LogP contribution is -2.36. The van der Waals surface area contributed by atoms with Gasteiger partial charge in [0.25, 0.3) is 0 Å². The molecule has 1 aromatic carbocycles. The van der Waals surface area contributed by atoms with Crippen molar-refractivity contribution in [3.63, 3.8) is 0 Å². The van der Waals surface area contributed by atoms with E-state index in [9.17, 15) is 13.2 Å². The molecule has 0 aromatic heterocycles. The first-order valence-electron chi connectivity index (χ1n) is 6.98. The average Bonchev–Trinajstić information content (AvgIpc) is 3.22. The van der Waals surface area contributed by atoms with Crippen LogP contribution in [-0.4, -0.2) is 45.3 Å². The molecule has 0 radical (unpaired) electrons. The van der Waals surface area contributed by atoms with E-state index in [0.717, 1.165) is 12.8 Å². The Bertz CT molecular complexity index is 655. The molecular formula is C14H20N2O5S. The molecule has 3 N–H and O–H groups in total. The molecule has 122 valence electrons. The Labute approximate surface area is 129 Å². The van der Waals surface area contributed by atoms with Crippen LogP contribution in [0.25, 0.3) is 0 Å². The van der Waals surface area contributed by atoms with Crippen molar-refractivity contribution < 1.29 is 23.1 Å². The van der Waals surface area contributed by atoms with E-state index in [1.165, 1.54) is 25.3 Å². The second-order valence-corrected chi connectivity index (χ2v) is 7.09. The van der Waals surface area contributed by atoms with Crippen LogP contribution in [0.3, 0.4) is 0 Å². The fourth-order valence-electron chi connectivity index (χ4n) is 2.06. The van der Waals surface area contributed by atoms with Crippen LogP contribution in [0.1, 0.15) is 30.1 Å². The maximum atomic E-state index is 12.5. The molecule has 0 spiro atoms. The highest BCUT2D eigenvalue weighted by Gasteiger charge is 2.27. The lowest BCUT2D eigenvalue weighted by Gasteiger charge is -2.17. The second-order valence-electron chi connectivity index (χ2n) is 5.41. The molecule has 0 bridgehead atoms. The molecule has 1 atom stereocenters. The van der Waals surface area contributed by atoms with Crippen LogP contribution in [0.2, 0.25) is 0 Å². The molecule has 1 saturated carbocycles. The van der Waals surface area contributed by atoms with E-state index in [-0.39, 0.29) is 23.1 Å². The molecule has 0 saturated heterocycles. The van der Waals surface area contributed by atoms with E-state index >= 15 is 0 Å². The highest BCUT2D eigenvalue weighted by Crippen LogP contribution is 2.30. The molecule has 7 nitrogen and oxygen atoms in total. The van der Waals surface area contributed by atoms with E-state index in [2.05, 4.69) is 10.0 Å². The van der Waals surface area contributed by atoms with Gasteiger partial charge in [-0.1, -0.05) is 0 Å². The fourth-order valence-corrected chi connectivity index (χ4v) is 3.48. The molecule has 8 heteroatoms. The van der Waals surface area contributed by atoms with E-state index in [1.807, 2.05) is 0 Å². The molecule has 0 heterocycles. The minimum atomic E-state index is -3.84. The minimum Gasteiger partial charge on any atom is -0.478 e. The molecule has 2 rings (SSSR count). The smallest absolute Gasteiger partial charge is 0.335 e. The van der Waals surface area contributed by atoms with Gasteiger partial charge in [-0.05, 0) is 38.0 Å². The van der Waals surface area contributed by atoms with Gasteiger partial charge in [-0.3, -0.25) is 0 Å². The van der Waals surface area contributed by atoms with Gasteiger partial charge in [0.1, 0.15) is 4.90 Å². The third kappa shape index (κ3) is 4.19. The molecular weight excluding hydrogens is 308 g/mol.